The maximum Gasteiger partial charge on any atom is 0.222 e. The summed E-state index contributed by atoms with van der Waals surface area (Å²) in [7, 11) is -3.33. The molecule has 0 saturated carbocycles. The van der Waals surface area contributed by atoms with Gasteiger partial charge in [0.2, 0.25) is 15.9 Å². The third-order valence-electron chi connectivity index (χ3n) is 4.52. The van der Waals surface area contributed by atoms with Gasteiger partial charge in [-0.25, -0.2) is 8.42 Å². The second kappa shape index (κ2) is 11.5. The van der Waals surface area contributed by atoms with Crippen molar-refractivity contribution in [1.82, 2.24) is 9.21 Å². The van der Waals surface area contributed by atoms with Gasteiger partial charge >= 0.3 is 0 Å². The number of carbonyl (C=O) groups excluding carboxylic acids is 1. The summed E-state index contributed by atoms with van der Waals surface area (Å²) in [5.41, 5.74) is 6.25. The number of carbonyl (C=O) groups is 1. The molecule has 2 rings (SSSR count). The molecule has 0 radical (unpaired) electrons. The topological polar surface area (TPSA) is 83.7 Å². The molecular formula is C18H30ClN3O3S. The van der Waals surface area contributed by atoms with Crippen LogP contribution < -0.4 is 5.73 Å². The van der Waals surface area contributed by atoms with Crippen LogP contribution in [0.5, 0.6) is 0 Å². The van der Waals surface area contributed by atoms with Crippen molar-refractivity contribution in [2.24, 2.45) is 5.73 Å². The number of amides is 1. The number of hydrogen-bond acceptors (Lipinski definition) is 4. The minimum Gasteiger partial charge on any atom is -0.340 e. The smallest absolute Gasteiger partial charge is 0.222 e. The number of halogens is 1. The van der Waals surface area contributed by atoms with Gasteiger partial charge in [0.05, 0.1) is 5.75 Å². The van der Waals surface area contributed by atoms with E-state index in [1.54, 1.807) is 4.90 Å². The van der Waals surface area contributed by atoms with Crippen LogP contribution in [-0.4, -0.2) is 56.3 Å². The van der Waals surface area contributed by atoms with E-state index >= 15 is 0 Å². The Morgan fingerprint density at radius 1 is 0.962 bits per heavy atom. The van der Waals surface area contributed by atoms with Crippen LogP contribution in [-0.2, 0) is 20.6 Å². The third-order valence-corrected chi connectivity index (χ3v) is 6.37. The minimum absolute atomic E-state index is 0. The molecule has 0 aromatic heterocycles. The Hall–Kier alpha value is -1.15. The van der Waals surface area contributed by atoms with Crippen LogP contribution in [0.3, 0.4) is 0 Å². The second-order valence-electron chi connectivity index (χ2n) is 6.47. The van der Waals surface area contributed by atoms with E-state index in [0.29, 0.717) is 39.1 Å². The highest BCUT2D eigenvalue weighted by atomic mass is 35.5. The van der Waals surface area contributed by atoms with Crippen LogP contribution in [0.2, 0.25) is 0 Å². The summed E-state index contributed by atoms with van der Waals surface area (Å²) in [6, 6.07) is 9.20. The first-order valence-electron chi connectivity index (χ1n) is 9.02. The number of nitrogens with two attached hydrogens (primary N) is 1. The molecule has 1 aromatic rings. The van der Waals surface area contributed by atoms with Crippen molar-refractivity contribution in [3.63, 3.8) is 0 Å². The summed E-state index contributed by atoms with van der Waals surface area (Å²) >= 11 is 0. The molecule has 1 amide bonds. The molecule has 0 bridgehead atoms. The van der Waals surface area contributed by atoms with E-state index in [1.807, 2.05) is 30.3 Å². The van der Waals surface area contributed by atoms with E-state index in [9.17, 15) is 13.2 Å². The van der Waals surface area contributed by atoms with Crippen LogP contribution >= 0.6 is 12.4 Å². The second-order valence-corrected chi connectivity index (χ2v) is 8.44. The molecule has 8 heteroatoms. The normalized spacial score (nSPS) is 15.5. The van der Waals surface area contributed by atoms with Crippen LogP contribution in [0, 0.1) is 0 Å². The number of hydrogen-bond donors (Lipinski definition) is 1. The molecule has 26 heavy (non-hydrogen) atoms. The lowest BCUT2D eigenvalue weighted by atomic mass is 10.1. The average Bonchev–Trinajstić information content (AvgIpc) is 2.62. The molecular weight excluding hydrogens is 374 g/mol. The van der Waals surface area contributed by atoms with Crippen molar-refractivity contribution in [2.75, 3.05) is 32.7 Å². The summed E-state index contributed by atoms with van der Waals surface area (Å²) in [5.74, 6) is 0.149. The van der Waals surface area contributed by atoms with Crippen molar-refractivity contribution < 1.29 is 13.2 Å². The minimum atomic E-state index is -3.33. The first-order valence-corrected chi connectivity index (χ1v) is 10.6. The highest BCUT2D eigenvalue weighted by molar-refractivity contribution is 7.88. The van der Waals surface area contributed by atoms with E-state index < -0.39 is 10.0 Å². The predicted molar refractivity (Wildman–Crippen MR) is 107 cm³/mol. The van der Waals surface area contributed by atoms with E-state index in [4.69, 9.17) is 5.73 Å². The van der Waals surface area contributed by atoms with E-state index in [2.05, 4.69) is 0 Å². The Morgan fingerprint density at radius 2 is 1.58 bits per heavy atom. The highest BCUT2D eigenvalue weighted by Gasteiger charge is 2.28. The molecule has 0 atom stereocenters. The Morgan fingerprint density at radius 3 is 2.19 bits per heavy atom. The van der Waals surface area contributed by atoms with Gasteiger partial charge in [-0.2, -0.15) is 4.31 Å². The fraction of sp³-hybridized carbons (Fsp3) is 0.611. The number of sulfonamides is 1. The van der Waals surface area contributed by atoms with Gasteiger partial charge in [-0.05, 0) is 24.9 Å². The number of piperazine rings is 1. The Bertz CT molecular complexity index is 632. The molecule has 0 aliphatic carbocycles. The van der Waals surface area contributed by atoms with E-state index in [0.717, 1.165) is 31.2 Å². The van der Waals surface area contributed by atoms with Gasteiger partial charge in [0.15, 0.2) is 0 Å². The SMILES string of the molecule is Cl.NCCCCCCC(=O)N1CCN(S(=O)(=O)Cc2ccccc2)CC1. The zero-order valence-corrected chi connectivity index (χ0v) is 16.8. The highest BCUT2D eigenvalue weighted by Crippen LogP contribution is 2.15. The van der Waals surface area contributed by atoms with Crippen molar-refractivity contribution in [1.29, 1.82) is 0 Å². The predicted octanol–water partition coefficient (Wildman–Crippen LogP) is 1.99. The average molecular weight is 404 g/mol. The lowest BCUT2D eigenvalue weighted by Crippen LogP contribution is -2.50. The first kappa shape index (κ1) is 22.9. The summed E-state index contributed by atoms with van der Waals surface area (Å²) in [6.07, 6.45) is 4.52. The zero-order chi connectivity index (χ0) is 18.1. The lowest BCUT2D eigenvalue weighted by Gasteiger charge is -2.34. The first-order chi connectivity index (χ1) is 12.0. The zero-order valence-electron chi connectivity index (χ0n) is 15.2. The van der Waals surface area contributed by atoms with Crippen molar-refractivity contribution in [3.05, 3.63) is 35.9 Å². The quantitative estimate of drug-likeness (QED) is 0.639. The number of nitrogens with zero attached hydrogens (tertiary/aromatic N) is 2. The molecule has 1 aliphatic heterocycles. The monoisotopic (exact) mass is 403 g/mol. The molecule has 1 aromatic carbocycles. The van der Waals surface area contributed by atoms with Gasteiger partial charge in [-0.1, -0.05) is 43.2 Å². The molecule has 0 spiro atoms. The van der Waals surface area contributed by atoms with Gasteiger partial charge in [0, 0.05) is 32.6 Å². The van der Waals surface area contributed by atoms with E-state index in [-0.39, 0.29) is 24.1 Å². The summed E-state index contributed by atoms with van der Waals surface area (Å²) in [6.45, 7) is 2.43. The Kier molecular flexibility index (Phi) is 10.2. The fourth-order valence-electron chi connectivity index (χ4n) is 3.02. The molecule has 1 heterocycles. The number of benzene rings is 1. The molecule has 0 unspecified atom stereocenters. The third kappa shape index (κ3) is 7.23. The van der Waals surface area contributed by atoms with Gasteiger partial charge < -0.3 is 10.6 Å². The summed E-state index contributed by atoms with van der Waals surface area (Å²) < 4.78 is 26.5. The standard InChI is InChI=1S/C18H29N3O3S.ClH/c19-11-7-2-1-6-10-18(22)20-12-14-21(15-13-20)25(23,24)16-17-8-4-3-5-9-17;/h3-5,8-9H,1-2,6-7,10-16,19H2;1H. The molecule has 6 nitrogen and oxygen atoms in total. The van der Waals surface area contributed by atoms with Crippen molar-refractivity contribution in [3.8, 4) is 0 Å². The number of rotatable bonds is 9. The van der Waals surface area contributed by atoms with Crippen LogP contribution in [0.15, 0.2) is 30.3 Å². The van der Waals surface area contributed by atoms with Crippen molar-refractivity contribution in [2.45, 2.75) is 37.9 Å². The van der Waals surface area contributed by atoms with E-state index in [1.165, 1.54) is 4.31 Å². The van der Waals surface area contributed by atoms with Gasteiger partial charge in [0.25, 0.3) is 0 Å². The summed E-state index contributed by atoms with van der Waals surface area (Å²) in [5, 5.41) is 0. The lowest BCUT2D eigenvalue weighted by molar-refractivity contribution is -0.132. The Balaban J connectivity index is 0.00000338. The Labute approximate surface area is 163 Å². The number of unbranched alkanes of at least 4 members (excludes halogenated alkanes) is 3. The molecule has 1 aliphatic rings. The molecule has 2 N–H and O–H groups in total. The maximum absolute atomic E-state index is 12.5. The molecule has 1 fully saturated rings. The molecule has 148 valence electrons. The summed E-state index contributed by atoms with van der Waals surface area (Å²) in [4.78, 5) is 14.0. The van der Waals surface area contributed by atoms with Gasteiger partial charge in [-0.15, -0.1) is 12.4 Å². The maximum atomic E-state index is 12.5. The van der Waals surface area contributed by atoms with Crippen molar-refractivity contribution >= 4 is 28.3 Å². The molecule has 1 saturated heterocycles. The van der Waals surface area contributed by atoms with Crippen LogP contribution in [0.4, 0.5) is 0 Å². The van der Waals surface area contributed by atoms with Gasteiger partial charge in [-0.3, -0.25) is 4.79 Å². The van der Waals surface area contributed by atoms with Crippen LogP contribution in [0.25, 0.3) is 0 Å². The van der Waals surface area contributed by atoms with Gasteiger partial charge in [0.1, 0.15) is 0 Å². The van der Waals surface area contributed by atoms with Crippen LogP contribution in [0.1, 0.15) is 37.7 Å². The largest absolute Gasteiger partial charge is 0.340 e. The fourth-order valence-corrected chi connectivity index (χ4v) is 4.54.